The van der Waals surface area contributed by atoms with Gasteiger partial charge in [0.05, 0.1) is 12.0 Å². The number of likely N-dealkylation sites (N-methyl/N-ethyl adjacent to an activating group) is 1. The van der Waals surface area contributed by atoms with Crippen LogP contribution in [0.5, 0.6) is 0 Å². The normalized spacial score (nSPS) is 25.6. The summed E-state index contributed by atoms with van der Waals surface area (Å²) >= 11 is 0. The number of urea groups is 1. The molecule has 2 aromatic heterocycles. The van der Waals surface area contributed by atoms with Gasteiger partial charge in [0, 0.05) is 62.7 Å². The first-order valence-electron chi connectivity index (χ1n) is 9.67. The van der Waals surface area contributed by atoms with Crippen molar-refractivity contribution >= 4 is 22.8 Å². The Kier molecular flexibility index (Phi) is 4.65. The van der Waals surface area contributed by atoms with Gasteiger partial charge >= 0.3 is 6.03 Å². The molecule has 7 heteroatoms. The molecular weight excluding hydrogens is 340 g/mol. The second-order valence-electron chi connectivity index (χ2n) is 7.80. The number of anilines is 1. The zero-order valence-corrected chi connectivity index (χ0v) is 15.9. The van der Waals surface area contributed by atoms with Crippen molar-refractivity contribution in [2.75, 3.05) is 38.1 Å². The molecule has 4 heterocycles. The van der Waals surface area contributed by atoms with E-state index in [2.05, 4.69) is 41.0 Å². The van der Waals surface area contributed by atoms with Gasteiger partial charge < -0.3 is 19.7 Å². The highest BCUT2D eigenvalue weighted by Gasteiger charge is 2.36. The van der Waals surface area contributed by atoms with Gasteiger partial charge in [-0.25, -0.2) is 9.78 Å². The number of carbonyl (C=O) groups excluding carboxylic acids is 1. The maximum atomic E-state index is 13.0. The van der Waals surface area contributed by atoms with Gasteiger partial charge in [0.15, 0.2) is 0 Å². The van der Waals surface area contributed by atoms with Gasteiger partial charge in [-0.05, 0) is 30.9 Å². The van der Waals surface area contributed by atoms with E-state index in [1.54, 1.807) is 0 Å². The summed E-state index contributed by atoms with van der Waals surface area (Å²) < 4.78 is 0. The summed E-state index contributed by atoms with van der Waals surface area (Å²) in [4.78, 5) is 26.6. The Balaban J connectivity index is 1.51. The standard InChI is InChI=1S/C20H26N6O/c1-14-5-9-26(20(27)25-10-6-15(11-21)12-25)13-18(14)24(2)17-4-8-23-19-16(17)3-7-22-19/h3-4,7-8,14-15,18H,5-6,9-10,12-13H2,1-2H3,(H,22,23)/t14-,15+,18?/m1/s1. The molecule has 7 nitrogen and oxygen atoms in total. The lowest BCUT2D eigenvalue weighted by Crippen LogP contribution is -2.55. The monoisotopic (exact) mass is 366 g/mol. The van der Waals surface area contributed by atoms with Crippen LogP contribution >= 0.6 is 0 Å². The van der Waals surface area contributed by atoms with E-state index in [0.717, 1.165) is 36.1 Å². The summed E-state index contributed by atoms with van der Waals surface area (Å²) in [5.74, 6) is 0.474. The van der Waals surface area contributed by atoms with E-state index in [9.17, 15) is 4.79 Å². The van der Waals surface area contributed by atoms with E-state index < -0.39 is 0 Å². The second kappa shape index (κ2) is 7.10. The zero-order valence-electron chi connectivity index (χ0n) is 15.9. The molecule has 27 heavy (non-hydrogen) atoms. The van der Waals surface area contributed by atoms with Crippen molar-refractivity contribution < 1.29 is 4.79 Å². The number of piperidine rings is 1. The Morgan fingerprint density at radius 2 is 2.07 bits per heavy atom. The van der Waals surface area contributed by atoms with Gasteiger partial charge in [-0.1, -0.05) is 6.92 Å². The van der Waals surface area contributed by atoms with Crippen LogP contribution in [0.1, 0.15) is 19.8 Å². The average Bonchev–Trinajstić information content (AvgIpc) is 3.36. The largest absolute Gasteiger partial charge is 0.369 e. The molecule has 1 N–H and O–H groups in total. The number of nitriles is 1. The van der Waals surface area contributed by atoms with Gasteiger partial charge in [-0.3, -0.25) is 0 Å². The molecule has 1 unspecified atom stereocenters. The minimum Gasteiger partial charge on any atom is -0.369 e. The number of amides is 2. The van der Waals surface area contributed by atoms with Crippen LogP contribution in [0.4, 0.5) is 10.5 Å². The number of nitrogens with zero attached hydrogens (tertiary/aromatic N) is 5. The van der Waals surface area contributed by atoms with Gasteiger partial charge in [0.25, 0.3) is 0 Å². The molecule has 2 fully saturated rings. The summed E-state index contributed by atoms with van der Waals surface area (Å²) in [6.07, 6.45) is 5.51. The summed E-state index contributed by atoms with van der Waals surface area (Å²) in [7, 11) is 2.11. The first-order chi connectivity index (χ1) is 13.1. The van der Waals surface area contributed by atoms with Crippen LogP contribution in [0, 0.1) is 23.2 Å². The molecule has 2 aliphatic heterocycles. The number of aromatic nitrogens is 2. The predicted molar refractivity (Wildman–Crippen MR) is 104 cm³/mol. The smallest absolute Gasteiger partial charge is 0.320 e. The molecular formula is C20H26N6O. The zero-order chi connectivity index (χ0) is 19.0. The van der Waals surface area contributed by atoms with Gasteiger partial charge in [-0.2, -0.15) is 5.26 Å². The lowest BCUT2D eigenvalue weighted by Gasteiger charge is -2.43. The number of hydrogen-bond acceptors (Lipinski definition) is 4. The summed E-state index contributed by atoms with van der Waals surface area (Å²) in [6, 6.07) is 6.72. The molecule has 2 amide bonds. The number of likely N-dealkylation sites (tertiary alicyclic amines) is 2. The maximum Gasteiger partial charge on any atom is 0.320 e. The molecule has 0 radical (unpaired) electrons. The number of hydrogen-bond donors (Lipinski definition) is 1. The Labute approximate surface area is 159 Å². The Morgan fingerprint density at radius 1 is 1.30 bits per heavy atom. The number of pyridine rings is 1. The van der Waals surface area contributed by atoms with Crippen molar-refractivity contribution in [2.24, 2.45) is 11.8 Å². The molecule has 2 saturated heterocycles. The van der Waals surface area contributed by atoms with Crippen molar-refractivity contribution in [3.8, 4) is 6.07 Å². The van der Waals surface area contributed by atoms with Crippen LogP contribution < -0.4 is 4.90 Å². The maximum absolute atomic E-state index is 13.0. The minimum absolute atomic E-state index is 0.0187. The molecule has 142 valence electrons. The van der Waals surface area contributed by atoms with E-state index in [0.29, 0.717) is 25.6 Å². The van der Waals surface area contributed by atoms with E-state index in [1.165, 1.54) is 0 Å². The first kappa shape index (κ1) is 17.7. The third kappa shape index (κ3) is 3.20. The van der Waals surface area contributed by atoms with Gasteiger partial charge in [0.2, 0.25) is 0 Å². The van der Waals surface area contributed by atoms with Crippen LogP contribution in [0.25, 0.3) is 11.0 Å². The van der Waals surface area contributed by atoms with Crippen LogP contribution in [0.15, 0.2) is 24.5 Å². The molecule has 0 saturated carbocycles. The van der Waals surface area contributed by atoms with E-state index in [-0.39, 0.29) is 18.0 Å². The van der Waals surface area contributed by atoms with Crippen LogP contribution in [-0.4, -0.2) is 65.1 Å². The Hall–Kier alpha value is -2.75. The number of carbonyl (C=O) groups is 1. The fraction of sp³-hybridized carbons (Fsp3) is 0.550. The van der Waals surface area contributed by atoms with E-state index in [1.807, 2.05) is 28.3 Å². The van der Waals surface area contributed by atoms with Crippen molar-refractivity contribution in [1.29, 1.82) is 5.26 Å². The number of rotatable bonds is 2. The Bertz CT molecular complexity index is 871. The average molecular weight is 366 g/mol. The van der Waals surface area contributed by atoms with E-state index >= 15 is 0 Å². The van der Waals surface area contributed by atoms with Crippen molar-refractivity contribution in [1.82, 2.24) is 19.8 Å². The minimum atomic E-state index is -0.0187. The topological polar surface area (TPSA) is 79.3 Å². The summed E-state index contributed by atoms with van der Waals surface area (Å²) in [5.41, 5.74) is 2.02. The second-order valence-corrected chi connectivity index (χ2v) is 7.80. The van der Waals surface area contributed by atoms with Crippen LogP contribution in [0.2, 0.25) is 0 Å². The van der Waals surface area contributed by atoms with Gasteiger partial charge in [0.1, 0.15) is 5.65 Å². The molecule has 4 rings (SSSR count). The quantitative estimate of drug-likeness (QED) is 0.886. The molecule has 0 aromatic carbocycles. The first-order valence-corrected chi connectivity index (χ1v) is 9.67. The predicted octanol–water partition coefficient (Wildman–Crippen LogP) is 2.67. The van der Waals surface area contributed by atoms with Crippen molar-refractivity contribution in [3.05, 3.63) is 24.5 Å². The number of nitrogens with one attached hydrogen (secondary N) is 1. The molecule has 2 aromatic rings. The molecule has 0 bridgehead atoms. The van der Waals surface area contributed by atoms with Crippen LogP contribution in [0.3, 0.4) is 0 Å². The molecule has 0 spiro atoms. The Morgan fingerprint density at radius 3 is 2.85 bits per heavy atom. The molecule has 0 aliphatic carbocycles. The SMILES string of the molecule is C[C@@H]1CCN(C(=O)N2CC[C@@H](C#N)C2)CC1N(C)c1ccnc2[nH]ccc12. The van der Waals surface area contributed by atoms with Crippen LogP contribution in [-0.2, 0) is 0 Å². The van der Waals surface area contributed by atoms with Gasteiger partial charge in [-0.15, -0.1) is 0 Å². The van der Waals surface area contributed by atoms with E-state index in [4.69, 9.17) is 5.26 Å². The fourth-order valence-corrected chi connectivity index (χ4v) is 4.40. The number of aromatic amines is 1. The van der Waals surface area contributed by atoms with Crippen molar-refractivity contribution in [2.45, 2.75) is 25.8 Å². The lowest BCUT2D eigenvalue weighted by molar-refractivity contribution is 0.132. The fourth-order valence-electron chi connectivity index (χ4n) is 4.40. The number of fused-ring (bicyclic) bond motifs is 1. The lowest BCUT2D eigenvalue weighted by atomic mass is 9.92. The van der Waals surface area contributed by atoms with Crippen molar-refractivity contribution in [3.63, 3.8) is 0 Å². The highest BCUT2D eigenvalue weighted by atomic mass is 16.2. The summed E-state index contributed by atoms with van der Waals surface area (Å²) in [6.45, 7) is 5.01. The molecule has 3 atom stereocenters. The summed E-state index contributed by atoms with van der Waals surface area (Å²) in [5, 5.41) is 10.2. The third-order valence-electron chi connectivity index (χ3n) is 6.15. The highest BCUT2D eigenvalue weighted by molar-refractivity contribution is 5.89. The number of H-pyrrole nitrogens is 1. The third-order valence-corrected chi connectivity index (χ3v) is 6.15. The molecule has 2 aliphatic rings. The highest BCUT2D eigenvalue weighted by Crippen LogP contribution is 2.31.